The lowest BCUT2D eigenvalue weighted by Crippen LogP contribution is -2.10. The van der Waals surface area contributed by atoms with E-state index in [0.717, 1.165) is 32.8 Å². The fourth-order valence-electron chi connectivity index (χ4n) is 3.81. The molecular weight excluding hydrogens is 440 g/mol. The lowest BCUT2D eigenvalue weighted by atomic mass is 10.1. The van der Waals surface area contributed by atoms with Gasteiger partial charge in [-0.15, -0.1) is 11.3 Å². The van der Waals surface area contributed by atoms with Crippen LogP contribution in [0.15, 0.2) is 73.3 Å². The molecule has 3 heterocycles. The van der Waals surface area contributed by atoms with Gasteiger partial charge in [0.15, 0.2) is 0 Å². The number of nitrogens with zero attached hydrogens (tertiary/aromatic N) is 3. The number of primary amides is 1. The molecule has 0 aliphatic carbocycles. The summed E-state index contributed by atoms with van der Waals surface area (Å²) in [5.74, 6) is -0.838. The number of amides is 1. The van der Waals surface area contributed by atoms with Crippen molar-refractivity contribution in [2.24, 2.45) is 5.73 Å². The second-order valence-electron chi connectivity index (χ2n) is 7.30. The predicted molar refractivity (Wildman–Crippen MR) is 126 cm³/mol. The van der Waals surface area contributed by atoms with Crippen LogP contribution in [-0.2, 0) is 0 Å². The maximum atomic E-state index is 11.6. The number of carboxylic acid groups (broad SMARTS) is 1. The molecule has 2 aromatic carbocycles. The molecule has 3 N–H and O–H groups in total. The number of carbonyl (C=O) groups is 2. The van der Waals surface area contributed by atoms with Crippen molar-refractivity contribution in [2.45, 2.75) is 0 Å². The zero-order chi connectivity index (χ0) is 23.1. The van der Waals surface area contributed by atoms with E-state index in [0.29, 0.717) is 11.3 Å². The molecule has 0 aliphatic rings. The maximum Gasteiger partial charge on any atom is 0.345 e. The van der Waals surface area contributed by atoms with Crippen LogP contribution in [0.5, 0.6) is 5.75 Å². The highest BCUT2D eigenvalue weighted by Crippen LogP contribution is 2.40. The molecule has 0 saturated carbocycles. The minimum atomic E-state index is -0.976. The molecule has 0 bridgehead atoms. The van der Waals surface area contributed by atoms with Crippen LogP contribution < -0.4 is 10.5 Å². The van der Waals surface area contributed by atoms with Gasteiger partial charge in [-0.2, -0.15) is 0 Å². The number of rotatable bonds is 6. The van der Waals surface area contributed by atoms with Crippen molar-refractivity contribution >= 4 is 33.4 Å². The molecule has 0 spiro atoms. The molecule has 164 valence electrons. The van der Waals surface area contributed by atoms with Crippen LogP contribution >= 0.6 is 11.3 Å². The highest BCUT2D eigenvalue weighted by molar-refractivity contribution is 7.20. The van der Waals surface area contributed by atoms with Crippen molar-refractivity contribution in [3.8, 4) is 28.4 Å². The van der Waals surface area contributed by atoms with E-state index in [1.54, 1.807) is 50.0 Å². The zero-order valence-electron chi connectivity index (χ0n) is 17.4. The molecule has 9 heteroatoms. The summed E-state index contributed by atoms with van der Waals surface area (Å²) in [6.45, 7) is 0. The van der Waals surface area contributed by atoms with Gasteiger partial charge in [-0.25, -0.2) is 9.78 Å². The number of aromatic carboxylic acids is 1. The number of fused-ring (bicyclic) bond motifs is 1. The van der Waals surface area contributed by atoms with Crippen LogP contribution in [0.4, 0.5) is 0 Å². The number of ether oxygens (including phenoxy) is 1. The maximum absolute atomic E-state index is 11.6. The molecule has 3 aromatic heterocycles. The molecule has 0 radical (unpaired) electrons. The minimum absolute atomic E-state index is 0.247. The van der Waals surface area contributed by atoms with Crippen molar-refractivity contribution in [3.05, 3.63) is 83.8 Å². The molecule has 0 unspecified atom stereocenters. The van der Waals surface area contributed by atoms with Crippen LogP contribution in [0.2, 0.25) is 0 Å². The Balaban J connectivity index is 1.73. The molecule has 0 fully saturated rings. The first-order chi connectivity index (χ1) is 16.0. The van der Waals surface area contributed by atoms with Gasteiger partial charge in [-0.05, 0) is 48.5 Å². The second kappa shape index (κ2) is 7.95. The quantitative estimate of drug-likeness (QED) is 0.393. The zero-order valence-corrected chi connectivity index (χ0v) is 18.2. The largest absolute Gasteiger partial charge is 0.496 e. The number of methoxy groups -OCH3 is 1. The summed E-state index contributed by atoms with van der Waals surface area (Å²) < 4.78 is 10.4. The minimum Gasteiger partial charge on any atom is -0.496 e. The Morgan fingerprint density at radius 2 is 1.82 bits per heavy atom. The molecule has 0 aliphatic heterocycles. The SMILES string of the molecule is COc1cc(-n2ccnc2)ccc1-c1cc2sc(C(=O)O)cc2n1-c1ccc(C(N)=O)cc1. The average molecular weight is 458 g/mol. The van der Waals surface area contributed by atoms with Crippen molar-refractivity contribution in [2.75, 3.05) is 7.11 Å². The fraction of sp³-hybridized carbons (Fsp3) is 0.0417. The summed E-state index contributed by atoms with van der Waals surface area (Å²) in [6.07, 6.45) is 5.26. The monoisotopic (exact) mass is 458 g/mol. The Kier molecular flexibility index (Phi) is 4.95. The third kappa shape index (κ3) is 3.54. The summed E-state index contributed by atoms with van der Waals surface area (Å²) in [5, 5.41) is 9.48. The number of aromatic nitrogens is 3. The van der Waals surface area contributed by atoms with Gasteiger partial charge in [-0.1, -0.05) is 0 Å². The van der Waals surface area contributed by atoms with E-state index in [4.69, 9.17) is 10.5 Å². The molecule has 0 atom stereocenters. The van der Waals surface area contributed by atoms with E-state index in [1.807, 2.05) is 39.6 Å². The average Bonchev–Trinajstić information content (AvgIpc) is 3.55. The van der Waals surface area contributed by atoms with E-state index in [9.17, 15) is 14.7 Å². The molecule has 33 heavy (non-hydrogen) atoms. The fourth-order valence-corrected chi connectivity index (χ4v) is 4.73. The summed E-state index contributed by atoms with van der Waals surface area (Å²) in [6, 6.07) is 16.3. The van der Waals surface area contributed by atoms with Crippen LogP contribution in [0.3, 0.4) is 0 Å². The van der Waals surface area contributed by atoms with Crippen molar-refractivity contribution in [1.29, 1.82) is 0 Å². The lowest BCUT2D eigenvalue weighted by molar-refractivity contribution is 0.0702. The third-order valence-corrected chi connectivity index (χ3v) is 6.43. The van der Waals surface area contributed by atoms with Gasteiger partial charge >= 0.3 is 5.97 Å². The Bertz CT molecular complexity index is 1500. The second-order valence-corrected chi connectivity index (χ2v) is 8.38. The van der Waals surface area contributed by atoms with Crippen LogP contribution in [0.1, 0.15) is 20.0 Å². The number of carboxylic acids is 1. The van der Waals surface area contributed by atoms with Crippen LogP contribution in [0, 0.1) is 0 Å². The smallest absolute Gasteiger partial charge is 0.345 e. The molecule has 1 amide bonds. The van der Waals surface area contributed by atoms with Gasteiger partial charge in [0.1, 0.15) is 10.6 Å². The molecule has 8 nitrogen and oxygen atoms in total. The van der Waals surface area contributed by atoms with Gasteiger partial charge < -0.3 is 24.7 Å². The van der Waals surface area contributed by atoms with Gasteiger partial charge in [-0.3, -0.25) is 4.79 Å². The Hall–Kier alpha value is -4.37. The van der Waals surface area contributed by atoms with E-state index >= 15 is 0 Å². The van der Waals surface area contributed by atoms with E-state index < -0.39 is 11.9 Å². The predicted octanol–water partition coefficient (Wildman–Crippen LogP) is 4.35. The Labute approximate surface area is 192 Å². The molecule has 5 rings (SSSR count). The van der Waals surface area contributed by atoms with E-state index in [1.165, 1.54) is 11.3 Å². The summed E-state index contributed by atoms with van der Waals surface area (Å²) >= 11 is 1.20. The molecular formula is C24H18N4O4S. The topological polar surface area (TPSA) is 112 Å². The van der Waals surface area contributed by atoms with Gasteiger partial charge in [0, 0.05) is 35.3 Å². The standard InChI is InChI=1S/C24H18N4O4S/c1-32-20-10-16(27-9-8-26-13-27)6-7-17(20)18-11-21-19(12-22(33-21)24(30)31)28(18)15-4-2-14(3-5-15)23(25)29/h2-13H,1H3,(H2,25,29)(H,30,31). The number of nitrogens with two attached hydrogens (primary N) is 1. The highest BCUT2D eigenvalue weighted by Gasteiger charge is 2.20. The first-order valence-electron chi connectivity index (χ1n) is 9.92. The summed E-state index contributed by atoms with van der Waals surface area (Å²) in [7, 11) is 1.61. The highest BCUT2D eigenvalue weighted by atomic mass is 32.1. The third-order valence-electron chi connectivity index (χ3n) is 5.37. The summed E-state index contributed by atoms with van der Waals surface area (Å²) in [4.78, 5) is 27.4. The number of hydrogen-bond acceptors (Lipinski definition) is 5. The normalized spacial score (nSPS) is 11.1. The Morgan fingerprint density at radius 1 is 1.06 bits per heavy atom. The summed E-state index contributed by atoms with van der Waals surface area (Å²) in [5.41, 5.74) is 9.85. The Morgan fingerprint density at radius 3 is 2.45 bits per heavy atom. The lowest BCUT2D eigenvalue weighted by Gasteiger charge is -2.15. The van der Waals surface area contributed by atoms with E-state index in [-0.39, 0.29) is 4.88 Å². The first kappa shape index (κ1) is 20.5. The number of hydrogen-bond donors (Lipinski definition) is 2. The van der Waals surface area contributed by atoms with Crippen LogP contribution in [0.25, 0.3) is 32.8 Å². The van der Waals surface area contributed by atoms with Crippen molar-refractivity contribution in [1.82, 2.24) is 14.1 Å². The van der Waals surface area contributed by atoms with Crippen molar-refractivity contribution < 1.29 is 19.4 Å². The number of carbonyl (C=O) groups excluding carboxylic acids is 1. The van der Waals surface area contributed by atoms with Gasteiger partial charge in [0.25, 0.3) is 0 Å². The first-order valence-corrected chi connectivity index (χ1v) is 10.7. The number of thiophene rings is 1. The number of imidazole rings is 1. The van der Waals surface area contributed by atoms with E-state index in [2.05, 4.69) is 4.98 Å². The van der Waals surface area contributed by atoms with Gasteiger partial charge in [0.2, 0.25) is 5.91 Å². The van der Waals surface area contributed by atoms with Crippen LogP contribution in [-0.4, -0.2) is 38.2 Å². The molecule has 0 saturated heterocycles. The van der Waals surface area contributed by atoms with Crippen molar-refractivity contribution in [3.63, 3.8) is 0 Å². The van der Waals surface area contributed by atoms with Gasteiger partial charge in [0.05, 0.1) is 35.0 Å². The number of benzene rings is 2. The molecule has 5 aromatic rings.